The Hall–Kier alpha value is -0.830. The average molecular weight is 194 g/mol. The van der Waals surface area contributed by atoms with Crippen molar-refractivity contribution in [2.24, 2.45) is 23.2 Å². The zero-order chi connectivity index (χ0) is 9.92. The molecule has 0 spiro atoms. The molecular formula is C11H14O3. The van der Waals surface area contributed by atoms with Crippen molar-refractivity contribution in [1.29, 1.82) is 0 Å². The summed E-state index contributed by atoms with van der Waals surface area (Å²) in [5.74, 6) is 0.674. The van der Waals surface area contributed by atoms with Crippen LogP contribution < -0.4 is 0 Å². The molecule has 3 aliphatic rings. The SMILES string of the molecule is C[C@H](O)[C@@]12C(=O)OC[C@@H]1[C@H]1C=C[C@@H]2C1. The normalized spacial score (nSPS) is 50.7. The molecule has 5 atom stereocenters. The Morgan fingerprint density at radius 2 is 2.43 bits per heavy atom. The molecule has 0 aromatic carbocycles. The van der Waals surface area contributed by atoms with Crippen LogP contribution in [0, 0.1) is 23.2 Å². The van der Waals surface area contributed by atoms with Gasteiger partial charge in [0.15, 0.2) is 0 Å². The van der Waals surface area contributed by atoms with Crippen LogP contribution in [-0.2, 0) is 9.53 Å². The summed E-state index contributed by atoms with van der Waals surface area (Å²) in [4.78, 5) is 11.8. The van der Waals surface area contributed by atoms with E-state index in [9.17, 15) is 9.90 Å². The van der Waals surface area contributed by atoms with Crippen molar-refractivity contribution in [2.45, 2.75) is 19.4 Å². The molecule has 3 nitrogen and oxygen atoms in total. The maximum absolute atomic E-state index is 11.8. The van der Waals surface area contributed by atoms with E-state index in [2.05, 4.69) is 12.2 Å². The molecule has 0 radical (unpaired) electrons. The van der Waals surface area contributed by atoms with E-state index < -0.39 is 11.5 Å². The summed E-state index contributed by atoms with van der Waals surface area (Å²) < 4.78 is 5.13. The minimum Gasteiger partial charge on any atom is -0.465 e. The molecule has 14 heavy (non-hydrogen) atoms. The second kappa shape index (κ2) is 2.40. The summed E-state index contributed by atoms with van der Waals surface area (Å²) in [6.45, 7) is 2.21. The van der Waals surface area contributed by atoms with Gasteiger partial charge >= 0.3 is 5.97 Å². The van der Waals surface area contributed by atoms with Crippen LogP contribution in [0.2, 0.25) is 0 Å². The van der Waals surface area contributed by atoms with Gasteiger partial charge in [-0.25, -0.2) is 0 Å². The van der Waals surface area contributed by atoms with Gasteiger partial charge in [0, 0.05) is 5.92 Å². The first kappa shape index (κ1) is 8.48. The fraction of sp³-hybridized carbons (Fsp3) is 0.727. The summed E-state index contributed by atoms with van der Waals surface area (Å²) >= 11 is 0. The van der Waals surface area contributed by atoms with Crippen LogP contribution in [0.5, 0.6) is 0 Å². The Morgan fingerprint density at radius 1 is 1.64 bits per heavy atom. The van der Waals surface area contributed by atoms with E-state index >= 15 is 0 Å². The highest BCUT2D eigenvalue weighted by molar-refractivity contribution is 5.82. The molecule has 1 heterocycles. The number of fused-ring (bicyclic) bond motifs is 5. The molecule has 0 aromatic rings. The van der Waals surface area contributed by atoms with Crippen molar-refractivity contribution in [2.75, 3.05) is 6.61 Å². The summed E-state index contributed by atoms with van der Waals surface area (Å²) in [5.41, 5.74) is -0.612. The zero-order valence-corrected chi connectivity index (χ0v) is 8.14. The lowest BCUT2D eigenvalue weighted by Gasteiger charge is -2.34. The molecule has 0 amide bonds. The predicted molar refractivity (Wildman–Crippen MR) is 49.3 cm³/mol. The Bertz CT molecular complexity index is 320. The molecule has 1 saturated carbocycles. The van der Waals surface area contributed by atoms with Crippen LogP contribution in [0.4, 0.5) is 0 Å². The van der Waals surface area contributed by atoms with Crippen LogP contribution >= 0.6 is 0 Å². The van der Waals surface area contributed by atoms with Gasteiger partial charge in [0.2, 0.25) is 0 Å². The van der Waals surface area contributed by atoms with Gasteiger partial charge in [0.1, 0.15) is 5.41 Å². The van der Waals surface area contributed by atoms with E-state index in [1.807, 2.05) is 0 Å². The summed E-state index contributed by atoms with van der Waals surface area (Å²) in [6.07, 6.45) is 4.69. The topological polar surface area (TPSA) is 46.5 Å². The average Bonchev–Trinajstić information content (AvgIpc) is 2.75. The molecule has 2 bridgehead atoms. The van der Waals surface area contributed by atoms with Gasteiger partial charge in [-0.2, -0.15) is 0 Å². The number of aliphatic hydroxyl groups is 1. The van der Waals surface area contributed by atoms with E-state index in [1.54, 1.807) is 6.92 Å². The van der Waals surface area contributed by atoms with E-state index in [4.69, 9.17) is 4.74 Å². The molecule has 2 aliphatic carbocycles. The lowest BCUT2D eigenvalue weighted by molar-refractivity contribution is -0.154. The quantitative estimate of drug-likeness (QED) is 0.494. The van der Waals surface area contributed by atoms with Crippen molar-refractivity contribution >= 4 is 5.97 Å². The third kappa shape index (κ3) is 0.682. The molecule has 2 fully saturated rings. The molecule has 3 heteroatoms. The lowest BCUT2D eigenvalue weighted by atomic mass is 9.67. The zero-order valence-electron chi connectivity index (χ0n) is 8.14. The van der Waals surface area contributed by atoms with Crippen LogP contribution in [-0.4, -0.2) is 23.8 Å². The monoisotopic (exact) mass is 194 g/mol. The third-order valence-electron chi connectivity index (χ3n) is 4.30. The molecule has 0 aromatic heterocycles. The highest BCUT2D eigenvalue weighted by Crippen LogP contribution is 2.61. The van der Waals surface area contributed by atoms with E-state index in [-0.39, 0.29) is 17.8 Å². The van der Waals surface area contributed by atoms with Gasteiger partial charge in [-0.05, 0) is 25.2 Å². The number of cyclic esters (lactones) is 1. The fourth-order valence-corrected chi connectivity index (χ4v) is 3.65. The number of allylic oxidation sites excluding steroid dienone is 2. The van der Waals surface area contributed by atoms with Gasteiger partial charge in [0.05, 0.1) is 12.7 Å². The van der Waals surface area contributed by atoms with Gasteiger partial charge in [-0.1, -0.05) is 12.2 Å². The number of esters is 1. The molecular weight excluding hydrogens is 180 g/mol. The number of carbonyl (C=O) groups excluding carboxylic acids is 1. The number of ether oxygens (including phenoxy) is 1. The molecule has 3 rings (SSSR count). The first-order valence-electron chi connectivity index (χ1n) is 5.21. The second-order valence-corrected chi connectivity index (χ2v) is 4.70. The number of rotatable bonds is 1. The Kier molecular flexibility index (Phi) is 1.45. The minimum absolute atomic E-state index is 0.186. The predicted octanol–water partition coefficient (Wildman–Crippen LogP) is 0.732. The first-order valence-corrected chi connectivity index (χ1v) is 5.21. The van der Waals surface area contributed by atoms with Crippen molar-refractivity contribution < 1.29 is 14.6 Å². The number of carbonyl (C=O) groups is 1. The minimum atomic E-state index is -0.612. The van der Waals surface area contributed by atoms with Crippen LogP contribution in [0.15, 0.2) is 12.2 Å². The van der Waals surface area contributed by atoms with Gasteiger partial charge in [0.25, 0.3) is 0 Å². The summed E-state index contributed by atoms with van der Waals surface area (Å²) in [5, 5.41) is 9.87. The van der Waals surface area contributed by atoms with Gasteiger partial charge in [-0.15, -0.1) is 0 Å². The lowest BCUT2D eigenvalue weighted by Crippen LogP contribution is -2.46. The third-order valence-corrected chi connectivity index (χ3v) is 4.30. The Morgan fingerprint density at radius 3 is 3.07 bits per heavy atom. The van der Waals surface area contributed by atoms with Gasteiger partial charge < -0.3 is 9.84 Å². The standard InChI is InChI=1S/C11H14O3/c1-6(12)11-8-3-2-7(4-8)9(11)5-14-10(11)13/h2-3,6-9,12H,4-5H2,1H3/t6-,7-,8+,9+,11-/m0/s1. The Labute approximate surface area is 82.8 Å². The summed E-state index contributed by atoms with van der Waals surface area (Å²) in [7, 11) is 0. The Balaban J connectivity index is 2.12. The van der Waals surface area contributed by atoms with Crippen LogP contribution in [0.25, 0.3) is 0 Å². The molecule has 1 saturated heterocycles. The fourth-order valence-electron chi connectivity index (χ4n) is 3.65. The van der Waals surface area contributed by atoms with E-state index in [0.29, 0.717) is 12.5 Å². The number of hydrogen-bond donors (Lipinski definition) is 1. The molecule has 0 unspecified atom stereocenters. The highest BCUT2D eigenvalue weighted by atomic mass is 16.5. The van der Waals surface area contributed by atoms with Crippen LogP contribution in [0.1, 0.15) is 13.3 Å². The molecule has 1 N–H and O–H groups in total. The highest BCUT2D eigenvalue weighted by Gasteiger charge is 2.67. The first-order chi connectivity index (χ1) is 6.67. The molecule has 76 valence electrons. The van der Waals surface area contributed by atoms with E-state index in [1.165, 1.54) is 0 Å². The second-order valence-electron chi connectivity index (χ2n) is 4.70. The number of hydrogen-bond acceptors (Lipinski definition) is 3. The maximum atomic E-state index is 11.8. The van der Waals surface area contributed by atoms with Crippen molar-refractivity contribution in [1.82, 2.24) is 0 Å². The van der Waals surface area contributed by atoms with Crippen molar-refractivity contribution in [3.8, 4) is 0 Å². The summed E-state index contributed by atoms with van der Waals surface area (Å²) in [6, 6.07) is 0. The van der Waals surface area contributed by atoms with Crippen molar-refractivity contribution in [3.63, 3.8) is 0 Å². The number of aliphatic hydroxyl groups excluding tert-OH is 1. The molecule has 1 aliphatic heterocycles. The smallest absolute Gasteiger partial charge is 0.315 e. The largest absolute Gasteiger partial charge is 0.465 e. The van der Waals surface area contributed by atoms with E-state index in [0.717, 1.165) is 6.42 Å². The van der Waals surface area contributed by atoms with Crippen LogP contribution in [0.3, 0.4) is 0 Å². The van der Waals surface area contributed by atoms with Gasteiger partial charge in [-0.3, -0.25) is 4.79 Å². The van der Waals surface area contributed by atoms with Crippen molar-refractivity contribution in [3.05, 3.63) is 12.2 Å². The maximum Gasteiger partial charge on any atom is 0.315 e.